The molecule has 25 heavy (non-hydrogen) atoms. The molecule has 0 bridgehead atoms. The van der Waals surface area contributed by atoms with E-state index in [0.717, 1.165) is 6.42 Å². The Labute approximate surface area is 151 Å². The first-order valence-corrected chi connectivity index (χ1v) is 10.8. The van der Waals surface area contributed by atoms with E-state index in [1.165, 1.54) is 10.4 Å². The minimum atomic E-state index is -2.53. The highest BCUT2D eigenvalue weighted by molar-refractivity contribution is 6.99. The number of carbonyl (C=O) groups is 1. The smallest absolute Gasteiger partial charge is 0.306 e. The van der Waals surface area contributed by atoms with Crippen molar-refractivity contribution in [2.45, 2.75) is 44.8 Å². The fraction of sp³-hybridized carbons (Fsp3) is 0.381. The first-order chi connectivity index (χ1) is 11.9. The summed E-state index contributed by atoms with van der Waals surface area (Å²) >= 11 is 0. The van der Waals surface area contributed by atoms with Gasteiger partial charge < -0.3 is 9.16 Å². The van der Waals surface area contributed by atoms with Gasteiger partial charge in [-0.05, 0) is 21.8 Å². The maximum absolute atomic E-state index is 11.4. The van der Waals surface area contributed by atoms with Crippen molar-refractivity contribution in [3.8, 4) is 0 Å². The minimum absolute atomic E-state index is 0.0572. The van der Waals surface area contributed by atoms with E-state index >= 15 is 0 Å². The van der Waals surface area contributed by atoms with Crippen LogP contribution in [0.3, 0.4) is 0 Å². The lowest BCUT2D eigenvalue weighted by Crippen LogP contribution is -2.67. The summed E-state index contributed by atoms with van der Waals surface area (Å²) in [6.45, 7) is 7.21. The Hall–Kier alpha value is -1.91. The van der Waals surface area contributed by atoms with Crippen molar-refractivity contribution in [1.29, 1.82) is 0 Å². The number of esters is 1. The van der Waals surface area contributed by atoms with Gasteiger partial charge in [0.1, 0.15) is 6.10 Å². The molecule has 0 N–H and O–H groups in total. The van der Waals surface area contributed by atoms with Gasteiger partial charge in [-0.25, -0.2) is 0 Å². The molecule has 0 aromatic heterocycles. The largest absolute Gasteiger partial charge is 0.460 e. The van der Waals surface area contributed by atoms with Crippen molar-refractivity contribution < 1.29 is 14.0 Å². The van der Waals surface area contributed by atoms with Crippen LogP contribution in [-0.2, 0) is 14.0 Å². The molecule has 0 spiro atoms. The molecular weight excluding hydrogens is 328 g/mol. The van der Waals surface area contributed by atoms with E-state index in [4.69, 9.17) is 9.16 Å². The van der Waals surface area contributed by atoms with Crippen LogP contribution in [-0.4, -0.2) is 27.0 Å². The molecule has 0 saturated carbocycles. The van der Waals surface area contributed by atoms with Crippen LogP contribution in [0.25, 0.3) is 0 Å². The van der Waals surface area contributed by atoms with E-state index in [-0.39, 0.29) is 17.1 Å². The fourth-order valence-electron chi connectivity index (χ4n) is 3.68. The molecule has 1 saturated heterocycles. The van der Waals surface area contributed by atoms with Gasteiger partial charge in [-0.2, -0.15) is 0 Å². The molecule has 2 aromatic carbocycles. The number of hydrogen-bond acceptors (Lipinski definition) is 3. The quantitative estimate of drug-likeness (QED) is 0.611. The van der Waals surface area contributed by atoms with Crippen molar-refractivity contribution in [1.82, 2.24) is 0 Å². The zero-order chi connectivity index (χ0) is 17.9. The van der Waals surface area contributed by atoms with Crippen LogP contribution in [0.15, 0.2) is 60.7 Å². The first-order valence-electron chi connectivity index (χ1n) is 8.88. The number of ether oxygens (including phenoxy) is 1. The average molecular weight is 355 g/mol. The van der Waals surface area contributed by atoms with Crippen molar-refractivity contribution in [3.05, 3.63) is 60.7 Å². The predicted molar refractivity (Wildman–Crippen MR) is 103 cm³/mol. The summed E-state index contributed by atoms with van der Waals surface area (Å²) in [6, 6.07) is 21.1. The molecule has 2 aromatic rings. The number of cyclic esters (lactones) is 1. The van der Waals surface area contributed by atoms with Gasteiger partial charge in [0.2, 0.25) is 0 Å². The zero-order valence-corrected chi connectivity index (χ0v) is 16.2. The van der Waals surface area contributed by atoms with Crippen LogP contribution in [0, 0.1) is 0 Å². The van der Waals surface area contributed by atoms with Crippen LogP contribution in [0.4, 0.5) is 0 Å². The standard InChI is InChI=1S/C21H26O3Si/c1-21(2,3)25(18-10-6-4-7-11-18,19-12-8-5-9-13-19)23-16-17-14-15-20(22)24-17/h4-13,17H,14-16H2,1-3H3/t17-/m1/s1. The Morgan fingerprint density at radius 2 is 1.52 bits per heavy atom. The molecule has 0 radical (unpaired) electrons. The molecule has 1 aliphatic heterocycles. The van der Waals surface area contributed by atoms with E-state index in [0.29, 0.717) is 13.0 Å². The monoisotopic (exact) mass is 354 g/mol. The van der Waals surface area contributed by atoms with Gasteiger partial charge >= 0.3 is 5.97 Å². The third-order valence-electron chi connectivity index (χ3n) is 4.87. The first kappa shape index (κ1) is 17.9. The molecule has 1 atom stereocenters. The number of hydrogen-bond donors (Lipinski definition) is 0. The van der Waals surface area contributed by atoms with Crippen molar-refractivity contribution in [3.63, 3.8) is 0 Å². The number of carbonyl (C=O) groups excluding carboxylic acids is 1. The number of rotatable bonds is 5. The zero-order valence-electron chi connectivity index (χ0n) is 15.2. The van der Waals surface area contributed by atoms with Gasteiger partial charge in [-0.3, -0.25) is 4.79 Å². The Morgan fingerprint density at radius 1 is 1.00 bits per heavy atom. The number of benzene rings is 2. The maximum Gasteiger partial charge on any atom is 0.306 e. The van der Waals surface area contributed by atoms with E-state index in [2.05, 4.69) is 69.3 Å². The topological polar surface area (TPSA) is 35.5 Å². The Bertz CT molecular complexity index is 667. The summed E-state index contributed by atoms with van der Waals surface area (Å²) in [6.07, 6.45) is 1.11. The summed E-state index contributed by atoms with van der Waals surface area (Å²) in [4.78, 5) is 11.4. The molecule has 1 fully saturated rings. The summed E-state index contributed by atoms with van der Waals surface area (Å²) in [5, 5.41) is 2.44. The minimum Gasteiger partial charge on any atom is -0.460 e. The van der Waals surface area contributed by atoms with Gasteiger partial charge in [0, 0.05) is 6.42 Å². The van der Waals surface area contributed by atoms with Gasteiger partial charge in [0.15, 0.2) is 0 Å². The van der Waals surface area contributed by atoms with Gasteiger partial charge in [-0.1, -0.05) is 81.4 Å². The molecule has 0 aliphatic carbocycles. The van der Waals surface area contributed by atoms with Crippen molar-refractivity contribution >= 4 is 24.7 Å². The molecule has 0 amide bonds. The summed E-state index contributed by atoms with van der Waals surface area (Å²) < 4.78 is 12.2. The van der Waals surface area contributed by atoms with E-state index < -0.39 is 8.32 Å². The second kappa shape index (κ2) is 7.14. The predicted octanol–water partition coefficient (Wildman–Crippen LogP) is 3.27. The van der Waals surface area contributed by atoms with Gasteiger partial charge in [-0.15, -0.1) is 0 Å². The highest BCUT2D eigenvalue weighted by atomic mass is 28.4. The van der Waals surface area contributed by atoms with Crippen LogP contribution in [0.1, 0.15) is 33.6 Å². The highest BCUT2D eigenvalue weighted by Gasteiger charge is 2.50. The Balaban J connectivity index is 2.04. The average Bonchev–Trinajstić information content (AvgIpc) is 3.02. The fourth-order valence-corrected chi connectivity index (χ4v) is 8.27. The molecule has 1 heterocycles. The summed E-state index contributed by atoms with van der Waals surface area (Å²) in [7, 11) is -2.53. The molecular formula is C21H26O3Si. The van der Waals surface area contributed by atoms with E-state index in [1.54, 1.807) is 0 Å². The van der Waals surface area contributed by atoms with E-state index in [1.807, 2.05) is 12.1 Å². The lowest BCUT2D eigenvalue weighted by atomic mass is 10.2. The second-order valence-electron chi connectivity index (χ2n) is 7.62. The molecule has 3 nitrogen and oxygen atoms in total. The second-order valence-corrected chi connectivity index (χ2v) is 11.9. The lowest BCUT2D eigenvalue weighted by molar-refractivity contribution is -0.142. The van der Waals surface area contributed by atoms with Crippen LogP contribution >= 0.6 is 0 Å². The summed E-state index contributed by atoms with van der Waals surface area (Å²) in [5.41, 5.74) is 0. The Kier molecular flexibility index (Phi) is 5.11. The van der Waals surface area contributed by atoms with Crippen molar-refractivity contribution in [2.24, 2.45) is 0 Å². The third-order valence-corrected chi connectivity index (χ3v) is 9.88. The SMILES string of the molecule is CC(C)(C)[Si](OC[C@H]1CCC(=O)O1)(c1ccccc1)c1ccccc1. The molecule has 0 unspecified atom stereocenters. The summed E-state index contributed by atoms with van der Waals surface area (Å²) in [5.74, 6) is -0.115. The van der Waals surface area contributed by atoms with Crippen LogP contribution < -0.4 is 10.4 Å². The van der Waals surface area contributed by atoms with Crippen LogP contribution in [0.2, 0.25) is 5.04 Å². The highest BCUT2D eigenvalue weighted by Crippen LogP contribution is 2.37. The normalized spacial score (nSPS) is 18.2. The van der Waals surface area contributed by atoms with Gasteiger partial charge in [0.05, 0.1) is 6.61 Å². The van der Waals surface area contributed by atoms with Crippen molar-refractivity contribution in [2.75, 3.05) is 6.61 Å². The van der Waals surface area contributed by atoms with E-state index in [9.17, 15) is 4.79 Å². The molecule has 1 aliphatic rings. The molecule has 132 valence electrons. The van der Waals surface area contributed by atoms with Gasteiger partial charge in [0.25, 0.3) is 8.32 Å². The Morgan fingerprint density at radius 3 is 1.92 bits per heavy atom. The maximum atomic E-state index is 11.4. The molecule has 4 heteroatoms. The molecule has 3 rings (SSSR count). The lowest BCUT2D eigenvalue weighted by Gasteiger charge is -2.43. The third kappa shape index (κ3) is 3.55. The van der Waals surface area contributed by atoms with Crippen LogP contribution in [0.5, 0.6) is 0 Å².